The van der Waals surface area contributed by atoms with Crippen molar-refractivity contribution in [2.75, 3.05) is 0 Å². The number of hydrogen-bond acceptors (Lipinski definition) is 6. The number of pyridine rings is 1. The number of nitro benzene ring substituents is 1. The van der Waals surface area contributed by atoms with E-state index in [2.05, 4.69) is 15.0 Å². The first-order valence-electron chi connectivity index (χ1n) is 6.80. The van der Waals surface area contributed by atoms with Crippen LogP contribution in [0.25, 0.3) is 22.6 Å². The van der Waals surface area contributed by atoms with Crippen LogP contribution in [0.3, 0.4) is 0 Å². The first-order chi connectivity index (χ1) is 11.6. The van der Waals surface area contributed by atoms with Crippen molar-refractivity contribution in [3.63, 3.8) is 0 Å². The highest BCUT2D eigenvalue weighted by molar-refractivity contribution is 5.70. The lowest BCUT2D eigenvalue weighted by atomic mass is 10.1. The molecule has 0 unspecified atom stereocenters. The van der Waals surface area contributed by atoms with Crippen LogP contribution in [0.15, 0.2) is 53.6 Å². The fourth-order valence-electron chi connectivity index (χ4n) is 2.20. The topological polar surface area (TPSA) is 126 Å². The van der Waals surface area contributed by atoms with E-state index in [9.17, 15) is 20.2 Å². The lowest BCUT2D eigenvalue weighted by Gasteiger charge is -2.06. The number of nitriles is 1. The van der Waals surface area contributed by atoms with Crippen molar-refractivity contribution >= 4 is 5.69 Å². The van der Waals surface area contributed by atoms with Crippen LogP contribution in [0.2, 0.25) is 0 Å². The number of benzene rings is 1. The van der Waals surface area contributed by atoms with Crippen LogP contribution < -0.4 is 5.56 Å². The molecule has 0 saturated carbocycles. The van der Waals surface area contributed by atoms with Gasteiger partial charge in [-0.1, -0.05) is 12.1 Å². The number of aromatic amines is 1. The Morgan fingerprint density at radius 1 is 1.17 bits per heavy atom. The van der Waals surface area contributed by atoms with E-state index in [-0.39, 0.29) is 22.8 Å². The van der Waals surface area contributed by atoms with E-state index in [1.165, 1.54) is 18.2 Å². The van der Waals surface area contributed by atoms with Gasteiger partial charge in [0.2, 0.25) is 0 Å². The van der Waals surface area contributed by atoms with Crippen LogP contribution in [0, 0.1) is 21.4 Å². The maximum absolute atomic E-state index is 12.2. The van der Waals surface area contributed by atoms with Crippen LogP contribution in [0.1, 0.15) is 5.56 Å². The fourth-order valence-corrected chi connectivity index (χ4v) is 2.20. The van der Waals surface area contributed by atoms with Gasteiger partial charge in [0.05, 0.1) is 10.6 Å². The third kappa shape index (κ3) is 2.74. The van der Waals surface area contributed by atoms with Crippen molar-refractivity contribution in [1.82, 2.24) is 15.0 Å². The number of nitrogens with one attached hydrogen (secondary N) is 1. The molecule has 0 fully saturated rings. The summed E-state index contributed by atoms with van der Waals surface area (Å²) in [5, 5.41) is 20.2. The molecule has 0 aliphatic rings. The molecule has 3 aromatic rings. The first-order valence-corrected chi connectivity index (χ1v) is 6.80. The standard InChI is InChI=1S/C16H9N5O3/c17-9-13-14(11-2-1-3-12(8-11)21(23)24)19-15(20-16(13)22)10-4-6-18-7-5-10/h1-8H,(H,19,20,22). The molecule has 0 saturated heterocycles. The lowest BCUT2D eigenvalue weighted by molar-refractivity contribution is -0.384. The lowest BCUT2D eigenvalue weighted by Crippen LogP contribution is -2.15. The Bertz CT molecular complexity index is 1020. The number of nitrogens with zero attached hydrogens (tertiary/aromatic N) is 4. The van der Waals surface area contributed by atoms with Crippen LogP contribution in [0.4, 0.5) is 5.69 Å². The summed E-state index contributed by atoms with van der Waals surface area (Å²) in [6.45, 7) is 0. The van der Waals surface area contributed by atoms with Gasteiger partial charge >= 0.3 is 0 Å². The normalized spacial score (nSPS) is 10.1. The Morgan fingerprint density at radius 2 is 1.92 bits per heavy atom. The number of hydrogen-bond donors (Lipinski definition) is 1. The zero-order valence-electron chi connectivity index (χ0n) is 12.1. The summed E-state index contributed by atoms with van der Waals surface area (Å²) in [5.41, 5.74) is 0.0650. The molecule has 8 heteroatoms. The van der Waals surface area contributed by atoms with E-state index >= 15 is 0 Å². The van der Waals surface area contributed by atoms with Crippen molar-refractivity contribution in [2.45, 2.75) is 0 Å². The van der Waals surface area contributed by atoms with Gasteiger partial charge in [0.25, 0.3) is 11.2 Å². The van der Waals surface area contributed by atoms with Gasteiger partial charge in [-0.25, -0.2) is 4.98 Å². The van der Waals surface area contributed by atoms with Crippen molar-refractivity contribution in [3.8, 4) is 28.7 Å². The second kappa shape index (κ2) is 6.10. The molecule has 24 heavy (non-hydrogen) atoms. The Kier molecular flexibility index (Phi) is 3.82. The second-order valence-corrected chi connectivity index (χ2v) is 4.79. The van der Waals surface area contributed by atoms with Crippen LogP contribution in [-0.2, 0) is 0 Å². The van der Waals surface area contributed by atoms with Crippen LogP contribution in [-0.4, -0.2) is 19.9 Å². The average molecular weight is 319 g/mol. The molecule has 0 aliphatic carbocycles. The van der Waals surface area contributed by atoms with Gasteiger partial charge < -0.3 is 4.98 Å². The summed E-state index contributed by atoms with van der Waals surface area (Å²) >= 11 is 0. The predicted octanol–water partition coefficient (Wildman–Crippen LogP) is 2.28. The zero-order valence-corrected chi connectivity index (χ0v) is 12.1. The van der Waals surface area contributed by atoms with Crippen molar-refractivity contribution in [2.24, 2.45) is 0 Å². The molecular weight excluding hydrogens is 310 g/mol. The van der Waals surface area contributed by atoms with Gasteiger partial charge in [-0.05, 0) is 12.1 Å². The smallest absolute Gasteiger partial charge is 0.270 e. The van der Waals surface area contributed by atoms with E-state index in [1.807, 2.05) is 0 Å². The van der Waals surface area contributed by atoms with E-state index in [0.717, 1.165) is 0 Å². The fraction of sp³-hybridized carbons (Fsp3) is 0. The molecule has 0 radical (unpaired) electrons. The van der Waals surface area contributed by atoms with Crippen molar-refractivity contribution < 1.29 is 4.92 Å². The van der Waals surface area contributed by atoms with Gasteiger partial charge in [-0.2, -0.15) is 5.26 Å². The Morgan fingerprint density at radius 3 is 2.58 bits per heavy atom. The average Bonchev–Trinajstić information content (AvgIpc) is 2.62. The molecule has 0 bridgehead atoms. The zero-order chi connectivity index (χ0) is 17.1. The second-order valence-electron chi connectivity index (χ2n) is 4.79. The Labute approximate surface area is 135 Å². The predicted molar refractivity (Wildman–Crippen MR) is 84.9 cm³/mol. The maximum Gasteiger partial charge on any atom is 0.270 e. The summed E-state index contributed by atoms with van der Waals surface area (Å²) in [4.78, 5) is 33.3. The number of H-pyrrole nitrogens is 1. The maximum atomic E-state index is 12.2. The molecule has 3 rings (SSSR count). The molecule has 8 nitrogen and oxygen atoms in total. The summed E-state index contributed by atoms with van der Waals surface area (Å²) in [6, 6.07) is 10.7. The molecule has 1 aromatic carbocycles. The molecule has 2 aromatic heterocycles. The van der Waals surface area contributed by atoms with Gasteiger partial charge in [0.1, 0.15) is 17.5 Å². The summed E-state index contributed by atoms with van der Waals surface area (Å²) in [7, 11) is 0. The van der Waals surface area contributed by atoms with Crippen LogP contribution >= 0.6 is 0 Å². The highest BCUT2D eigenvalue weighted by atomic mass is 16.6. The Hall–Kier alpha value is -3.86. The largest absolute Gasteiger partial charge is 0.305 e. The van der Waals surface area contributed by atoms with Crippen molar-refractivity contribution in [3.05, 3.63) is 74.8 Å². The molecule has 0 aliphatic heterocycles. The van der Waals surface area contributed by atoms with Gasteiger partial charge in [-0.3, -0.25) is 19.9 Å². The van der Waals surface area contributed by atoms with E-state index in [4.69, 9.17) is 0 Å². The molecule has 0 atom stereocenters. The highest BCUT2D eigenvalue weighted by Crippen LogP contribution is 2.25. The van der Waals surface area contributed by atoms with Crippen LogP contribution in [0.5, 0.6) is 0 Å². The monoisotopic (exact) mass is 319 g/mol. The number of aromatic nitrogens is 3. The minimum Gasteiger partial charge on any atom is -0.305 e. The molecule has 0 spiro atoms. The third-order valence-electron chi connectivity index (χ3n) is 3.32. The van der Waals surface area contributed by atoms with Gasteiger partial charge in [0, 0.05) is 35.7 Å². The summed E-state index contributed by atoms with van der Waals surface area (Å²) in [6.07, 6.45) is 3.08. The van der Waals surface area contributed by atoms with E-state index in [0.29, 0.717) is 11.1 Å². The number of non-ortho nitro benzene ring substituents is 1. The van der Waals surface area contributed by atoms with E-state index < -0.39 is 10.5 Å². The molecule has 2 heterocycles. The molecule has 0 amide bonds. The minimum atomic E-state index is -0.610. The SMILES string of the molecule is N#Cc1c(-c2cccc([N+](=O)[O-])c2)nc(-c2ccncc2)[nH]c1=O. The molecule has 1 N–H and O–H groups in total. The molecule has 116 valence electrons. The molecular formula is C16H9N5O3. The van der Waals surface area contributed by atoms with Gasteiger partial charge in [0.15, 0.2) is 0 Å². The Balaban J connectivity index is 2.25. The first kappa shape index (κ1) is 15.1. The third-order valence-corrected chi connectivity index (χ3v) is 3.32. The minimum absolute atomic E-state index is 0.0942. The summed E-state index contributed by atoms with van der Waals surface area (Å²) < 4.78 is 0. The summed E-state index contributed by atoms with van der Waals surface area (Å²) in [5.74, 6) is 0.253. The quantitative estimate of drug-likeness (QED) is 0.583. The number of nitro groups is 1. The number of rotatable bonds is 3. The van der Waals surface area contributed by atoms with Gasteiger partial charge in [-0.15, -0.1) is 0 Å². The highest BCUT2D eigenvalue weighted by Gasteiger charge is 2.16. The van der Waals surface area contributed by atoms with Crippen molar-refractivity contribution in [1.29, 1.82) is 5.26 Å². The van der Waals surface area contributed by atoms with E-state index in [1.54, 1.807) is 36.7 Å².